The maximum absolute atomic E-state index is 11.1. The van der Waals surface area contributed by atoms with Crippen LogP contribution in [0.2, 0.25) is 0 Å². The minimum atomic E-state index is -3.75. The predicted octanol–water partition coefficient (Wildman–Crippen LogP) is 0.638. The second-order valence-corrected chi connectivity index (χ2v) is 5.02. The van der Waals surface area contributed by atoms with Gasteiger partial charge < -0.3 is 4.74 Å². The third-order valence-electron chi connectivity index (χ3n) is 1.48. The van der Waals surface area contributed by atoms with Crippen molar-refractivity contribution in [1.82, 2.24) is 4.98 Å². The minimum Gasteiger partial charge on any atom is -0.378 e. The van der Waals surface area contributed by atoms with E-state index in [1.165, 1.54) is 19.4 Å². The highest BCUT2D eigenvalue weighted by molar-refractivity contribution is 9.10. The number of methoxy groups -OCH3 is 1. The Morgan fingerprint density at radius 3 is 2.79 bits per heavy atom. The molecule has 0 aliphatic carbocycles. The Balaban J connectivity index is 3.30. The van der Waals surface area contributed by atoms with Crippen LogP contribution >= 0.6 is 15.9 Å². The lowest BCUT2D eigenvalue weighted by Crippen LogP contribution is -2.15. The number of halogens is 1. The molecule has 14 heavy (non-hydrogen) atoms. The first-order chi connectivity index (χ1) is 6.45. The van der Waals surface area contributed by atoms with E-state index in [1.807, 2.05) is 0 Å². The van der Waals surface area contributed by atoms with E-state index in [4.69, 9.17) is 9.88 Å². The van der Waals surface area contributed by atoms with Crippen LogP contribution < -0.4 is 5.14 Å². The van der Waals surface area contributed by atoms with Gasteiger partial charge in [0.05, 0.1) is 12.3 Å². The van der Waals surface area contributed by atoms with Gasteiger partial charge in [0, 0.05) is 17.8 Å². The molecule has 0 fully saturated rings. The van der Waals surface area contributed by atoms with Crippen molar-refractivity contribution in [2.75, 3.05) is 7.11 Å². The molecule has 0 saturated carbocycles. The lowest BCUT2D eigenvalue weighted by Gasteiger charge is -2.05. The number of pyridine rings is 1. The Bertz CT molecular complexity index is 433. The fourth-order valence-corrected chi connectivity index (χ4v) is 2.15. The zero-order valence-electron chi connectivity index (χ0n) is 7.40. The molecule has 0 radical (unpaired) electrons. The molecule has 0 aromatic carbocycles. The molecule has 1 aromatic heterocycles. The number of ether oxygens (including phenoxy) is 1. The number of nitrogens with two attached hydrogens (primary N) is 1. The van der Waals surface area contributed by atoms with Gasteiger partial charge in [-0.05, 0) is 22.0 Å². The Kier molecular flexibility index (Phi) is 3.59. The van der Waals surface area contributed by atoms with E-state index < -0.39 is 10.0 Å². The van der Waals surface area contributed by atoms with Crippen LogP contribution in [0.3, 0.4) is 0 Å². The van der Waals surface area contributed by atoms with Gasteiger partial charge in [-0.2, -0.15) is 0 Å². The van der Waals surface area contributed by atoms with Crippen molar-refractivity contribution in [2.45, 2.75) is 11.5 Å². The highest BCUT2D eigenvalue weighted by Crippen LogP contribution is 2.18. The molecule has 1 rings (SSSR count). The molecule has 1 heterocycles. The average Bonchev–Trinajstić information content (AvgIpc) is 2.07. The summed E-state index contributed by atoms with van der Waals surface area (Å²) in [5.74, 6) is 0. The molecule has 1 aromatic rings. The summed E-state index contributed by atoms with van der Waals surface area (Å²) >= 11 is 3.12. The van der Waals surface area contributed by atoms with Crippen LogP contribution in [-0.4, -0.2) is 20.5 Å². The smallest absolute Gasteiger partial charge is 0.239 e. The minimum absolute atomic E-state index is 0.0197. The second-order valence-electron chi connectivity index (χ2n) is 2.58. The largest absolute Gasteiger partial charge is 0.378 e. The molecule has 0 unspecified atom stereocenters. The standard InChI is InChI=1S/C7H9BrN2O3S/c1-13-4-6-7(14(9,11)12)2-5(8)3-10-6/h2-3H,4H2,1H3,(H2,9,11,12). The summed E-state index contributed by atoms with van der Waals surface area (Å²) in [6.45, 7) is 0.110. The average molecular weight is 281 g/mol. The molecular weight excluding hydrogens is 272 g/mol. The molecule has 5 nitrogen and oxygen atoms in total. The summed E-state index contributed by atoms with van der Waals surface area (Å²) in [6, 6.07) is 1.40. The number of rotatable bonds is 3. The zero-order valence-corrected chi connectivity index (χ0v) is 9.80. The number of hydrogen-bond donors (Lipinski definition) is 1. The molecule has 0 atom stereocenters. The normalized spacial score (nSPS) is 11.6. The third kappa shape index (κ3) is 2.74. The van der Waals surface area contributed by atoms with Crippen molar-refractivity contribution in [3.05, 3.63) is 22.4 Å². The van der Waals surface area contributed by atoms with E-state index in [1.54, 1.807) is 0 Å². The number of sulfonamides is 1. The van der Waals surface area contributed by atoms with E-state index >= 15 is 0 Å². The molecule has 7 heteroatoms. The number of aromatic nitrogens is 1. The molecule has 0 saturated heterocycles. The van der Waals surface area contributed by atoms with Gasteiger partial charge in [0.15, 0.2) is 0 Å². The SMILES string of the molecule is COCc1ncc(Br)cc1S(N)(=O)=O. The van der Waals surface area contributed by atoms with Crippen LogP contribution in [0.5, 0.6) is 0 Å². The number of hydrogen-bond acceptors (Lipinski definition) is 4. The fraction of sp³-hybridized carbons (Fsp3) is 0.286. The number of primary sulfonamides is 1. The van der Waals surface area contributed by atoms with Crippen molar-refractivity contribution in [2.24, 2.45) is 5.14 Å². The Morgan fingerprint density at radius 1 is 1.64 bits per heavy atom. The third-order valence-corrected chi connectivity index (χ3v) is 2.88. The molecule has 0 aliphatic rings. The van der Waals surface area contributed by atoms with Crippen LogP contribution in [0.4, 0.5) is 0 Å². The summed E-state index contributed by atoms with van der Waals surface area (Å²) in [5, 5.41) is 5.01. The summed E-state index contributed by atoms with van der Waals surface area (Å²) in [6.07, 6.45) is 1.49. The first-order valence-corrected chi connectivity index (χ1v) is 5.95. The van der Waals surface area contributed by atoms with E-state index in [2.05, 4.69) is 20.9 Å². The molecule has 0 aliphatic heterocycles. The van der Waals surface area contributed by atoms with Crippen molar-refractivity contribution in [1.29, 1.82) is 0 Å². The summed E-state index contributed by atoms with van der Waals surface area (Å²) in [7, 11) is -2.30. The van der Waals surface area contributed by atoms with Gasteiger partial charge in [-0.25, -0.2) is 13.6 Å². The van der Waals surface area contributed by atoms with Gasteiger partial charge >= 0.3 is 0 Å². The Labute approximate surface area is 90.5 Å². The molecule has 0 amide bonds. The van der Waals surface area contributed by atoms with Gasteiger partial charge in [0.1, 0.15) is 4.90 Å². The fourth-order valence-electron chi connectivity index (χ4n) is 0.940. The van der Waals surface area contributed by atoms with Crippen LogP contribution in [0, 0.1) is 0 Å². The van der Waals surface area contributed by atoms with Crippen molar-refractivity contribution in [3.63, 3.8) is 0 Å². The summed E-state index contributed by atoms with van der Waals surface area (Å²) in [4.78, 5) is 3.88. The van der Waals surface area contributed by atoms with E-state index in [0.717, 1.165) is 0 Å². The second kappa shape index (κ2) is 4.35. The molecule has 78 valence electrons. The molecule has 0 bridgehead atoms. The summed E-state index contributed by atoms with van der Waals surface area (Å²) < 4.78 is 27.6. The molecular formula is C7H9BrN2O3S. The highest BCUT2D eigenvalue weighted by atomic mass is 79.9. The van der Waals surface area contributed by atoms with Gasteiger partial charge in [-0.3, -0.25) is 4.98 Å². The monoisotopic (exact) mass is 280 g/mol. The van der Waals surface area contributed by atoms with Crippen LogP contribution in [0.25, 0.3) is 0 Å². The quantitative estimate of drug-likeness (QED) is 0.881. The van der Waals surface area contributed by atoms with Crippen LogP contribution in [-0.2, 0) is 21.4 Å². The maximum Gasteiger partial charge on any atom is 0.239 e. The van der Waals surface area contributed by atoms with E-state index in [0.29, 0.717) is 10.2 Å². The van der Waals surface area contributed by atoms with Crippen LogP contribution in [0.1, 0.15) is 5.69 Å². The van der Waals surface area contributed by atoms with Crippen molar-refractivity contribution < 1.29 is 13.2 Å². The van der Waals surface area contributed by atoms with Gasteiger partial charge in [0.2, 0.25) is 10.0 Å². The maximum atomic E-state index is 11.1. The zero-order chi connectivity index (χ0) is 10.8. The molecule has 2 N–H and O–H groups in total. The first-order valence-electron chi connectivity index (χ1n) is 3.61. The topological polar surface area (TPSA) is 82.3 Å². The number of nitrogens with zero attached hydrogens (tertiary/aromatic N) is 1. The van der Waals surface area contributed by atoms with Crippen LogP contribution in [0.15, 0.2) is 21.6 Å². The van der Waals surface area contributed by atoms with E-state index in [-0.39, 0.29) is 11.5 Å². The first kappa shape index (κ1) is 11.6. The van der Waals surface area contributed by atoms with Gasteiger partial charge in [-0.15, -0.1) is 0 Å². The highest BCUT2D eigenvalue weighted by Gasteiger charge is 2.15. The van der Waals surface area contributed by atoms with Gasteiger partial charge in [0.25, 0.3) is 0 Å². The molecule has 0 spiro atoms. The predicted molar refractivity (Wildman–Crippen MR) is 54.0 cm³/mol. The van der Waals surface area contributed by atoms with Crippen molar-refractivity contribution in [3.8, 4) is 0 Å². The Hall–Kier alpha value is -0.500. The lowest BCUT2D eigenvalue weighted by atomic mass is 10.4. The van der Waals surface area contributed by atoms with E-state index in [9.17, 15) is 8.42 Å². The Morgan fingerprint density at radius 2 is 2.29 bits per heavy atom. The summed E-state index contributed by atoms with van der Waals surface area (Å²) in [5.41, 5.74) is 0.304. The van der Waals surface area contributed by atoms with Gasteiger partial charge in [-0.1, -0.05) is 0 Å². The lowest BCUT2D eigenvalue weighted by molar-refractivity contribution is 0.179. The van der Waals surface area contributed by atoms with Crippen molar-refractivity contribution >= 4 is 26.0 Å².